The van der Waals surface area contributed by atoms with Gasteiger partial charge in [0.25, 0.3) is 0 Å². The summed E-state index contributed by atoms with van der Waals surface area (Å²) in [5.74, 6) is 1.82. The summed E-state index contributed by atoms with van der Waals surface area (Å²) in [7, 11) is 3.23. The number of ether oxygens (including phenoxy) is 2. The van der Waals surface area contributed by atoms with Crippen LogP contribution in [0.3, 0.4) is 0 Å². The Morgan fingerprint density at radius 3 is 2.71 bits per heavy atom. The van der Waals surface area contributed by atoms with E-state index in [4.69, 9.17) is 15.2 Å². The van der Waals surface area contributed by atoms with E-state index in [1.54, 1.807) is 25.6 Å². The summed E-state index contributed by atoms with van der Waals surface area (Å²) >= 11 is 1.68. The molecule has 21 heavy (non-hydrogen) atoms. The summed E-state index contributed by atoms with van der Waals surface area (Å²) in [6.45, 7) is 1.18. The van der Waals surface area contributed by atoms with Crippen molar-refractivity contribution in [2.75, 3.05) is 14.2 Å². The van der Waals surface area contributed by atoms with Gasteiger partial charge in [-0.25, -0.2) is 4.99 Å². The van der Waals surface area contributed by atoms with E-state index in [9.17, 15) is 0 Å². The number of benzene rings is 1. The van der Waals surface area contributed by atoms with Crippen LogP contribution in [0.1, 0.15) is 10.4 Å². The lowest BCUT2D eigenvalue weighted by Crippen LogP contribution is -2.30. The molecular formula is C15H19N3O2S. The van der Waals surface area contributed by atoms with E-state index in [-0.39, 0.29) is 0 Å². The van der Waals surface area contributed by atoms with Crippen LogP contribution in [0.25, 0.3) is 0 Å². The Balaban J connectivity index is 1.93. The molecule has 0 aliphatic rings. The predicted octanol–water partition coefficient (Wildman–Crippen LogP) is 2.37. The predicted molar refractivity (Wildman–Crippen MR) is 86.0 cm³/mol. The van der Waals surface area contributed by atoms with E-state index >= 15 is 0 Å². The van der Waals surface area contributed by atoms with Crippen molar-refractivity contribution >= 4 is 17.3 Å². The van der Waals surface area contributed by atoms with Crippen molar-refractivity contribution in [1.29, 1.82) is 0 Å². The smallest absolute Gasteiger partial charge is 0.189 e. The largest absolute Gasteiger partial charge is 0.493 e. The molecule has 0 radical (unpaired) electrons. The SMILES string of the molecule is COc1ccc(CN=C(N)NCc2cccs2)cc1OC. The molecule has 0 fully saturated rings. The molecule has 3 N–H and O–H groups in total. The van der Waals surface area contributed by atoms with E-state index in [2.05, 4.69) is 16.4 Å². The van der Waals surface area contributed by atoms with Gasteiger partial charge in [-0.15, -0.1) is 11.3 Å². The highest BCUT2D eigenvalue weighted by atomic mass is 32.1. The quantitative estimate of drug-likeness (QED) is 0.635. The third-order valence-corrected chi connectivity index (χ3v) is 3.78. The number of hydrogen-bond acceptors (Lipinski definition) is 4. The number of hydrogen-bond donors (Lipinski definition) is 2. The van der Waals surface area contributed by atoms with E-state index in [0.29, 0.717) is 30.5 Å². The zero-order valence-electron chi connectivity index (χ0n) is 12.1. The van der Waals surface area contributed by atoms with E-state index in [1.807, 2.05) is 29.6 Å². The van der Waals surface area contributed by atoms with Gasteiger partial charge in [-0.1, -0.05) is 12.1 Å². The minimum atomic E-state index is 0.429. The van der Waals surface area contributed by atoms with Gasteiger partial charge in [-0.2, -0.15) is 0 Å². The lowest BCUT2D eigenvalue weighted by atomic mass is 10.2. The molecule has 2 aromatic rings. The first-order valence-electron chi connectivity index (χ1n) is 6.50. The Morgan fingerprint density at radius 2 is 2.05 bits per heavy atom. The molecule has 112 valence electrons. The molecule has 0 aliphatic heterocycles. The minimum Gasteiger partial charge on any atom is -0.493 e. The van der Waals surface area contributed by atoms with Crippen molar-refractivity contribution in [3.8, 4) is 11.5 Å². The highest BCUT2D eigenvalue weighted by Gasteiger charge is 2.04. The molecule has 0 atom stereocenters. The Bertz CT molecular complexity index is 597. The van der Waals surface area contributed by atoms with Crippen molar-refractivity contribution < 1.29 is 9.47 Å². The second-order valence-electron chi connectivity index (χ2n) is 4.32. The fourth-order valence-electron chi connectivity index (χ4n) is 1.80. The van der Waals surface area contributed by atoms with Crippen molar-refractivity contribution in [2.24, 2.45) is 10.7 Å². The Hall–Kier alpha value is -2.21. The molecule has 0 amide bonds. The van der Waals surface area contributed by atoms with Crippen LogP contribution in [0.2, 0.25) is 0 Å². The van der Waals surface area contributed by atoms with Crippen LogP contribution in [-0.4, -0.2) is 20.2 Å². The number of thiophene rings is 1. The lowest BCUT2D eigenvalue weighted by molar-refractivity contribution is 0.354. The second-order valence-corrected chi connectivity index (χ2v) is 5.36. The summed E-state index contributed by atoms with van der Waals surface area (Å²) in [5, 5.41) is 5.12. The molecule has 0 saturated heterocycles. The number of rotatable bonds is 6. The first kappa shape index (κ1) is 15.2. The van der Waals surface area contributed by atoms with Gasteiger partial charge in [-0.05, 0) is 29.1 Å². The molecular weight excluding hydrogens is 286 g/mol. The monoisotopic (exact) mass is 305 g/mol. The standard InChI is InChI=1S/C15H19N3O2S/c1-19-13-6-5-11(8-14(13)20-2)9-17-15(16)18-10-12-4-3-7-21-12/h3-8H,9-10H2,1-2H3,(H3,16,17,18). The molecule has 0 saturated carbocycles. The molecule has 5 nitrogen and oxygen atoms in total. The van der Waals surface area contributed by atoms with Crippen LogP contribution >= 0.6 is 11.3 Å². The van der Waals surface area contributed by atoms with E-state index in [0.717, 1.165) is 5.56 Å². The number of nitrogens with zero attached hydrogens (tertiary/aromatic N) is 1. The fraction of sp³-hybridized carbons (Fsp3) is 0.267. The van der Waals surface area contributed by atoms with Gasteiger partial charge in [-0.3, -0.25) is 0 Å². The van der Waals surface area contributed by atoms with Gasteiger partial charge in [0.1, 0.15) is 0 Å². The molecule has 0 aliphatic carbocycles. The molecule has 1 aromatic heterocycles. The Kier molecular flexibility index (Phi) is 5.45. The molecule has 1 heterocycles. The van der Waals surface area contributed by atoms with Crippen molar-refractivity contribution in [3.05, 3.63) is 46.2 Å². The summed E-state index contributed by atoms with van der Waals surface area (Å²) in [4.78, 5) is 5.54. The summed E-state index contributed by atoms with van der Waals surface area (Å²) in [5.41, 5.74) is 6.86. The average Bonchev–Trinajstić information content (AvgIpc) is 3.04. The maximum Gasteiger partial charge on any atom is 0.189 e. The molecule has 2 rings (SSSR count). The highest BCUT2D eigenvalue weighted by Crippen LogP contribution is 2.27. The molecule has 0 spiro atoms. The maximum atomic E-state index is 5.85. The fourth-order valence-corrected chi connectivity index (χ4v) is 2.45. The second kappa shape index (κ2) is 7.54. The van der Waals surface area contributed by atoms with Crippen LogP contribution in [-0.2, 0) is 13.1 Å². The van der Waals surface area contributed by atoms with Crippen LogP contribution < -0.4 is 20.5 Å². The first-order valence-corrected chi connectivity index (χ1v) is 7.38. The first-order chi connectivity index (χ1) is 10.2. The third-order valence-electron chi connectivity index (χ3n) is 2.90. The van der Waals surface area contributed by atoms with Crippen molar-refractivity contribution in [3.63, 3.8) is 0 Å². The maximum absolute atomic E-state index is 5.85. The molecule has 0 bridgehead atoms. The molecule has 1 aromatic carbocycles. The van der Waals surface area contributed by atoms with Crippen molar-refractivity contribution in [1.82, 2.24) is 5.32 Å². The molecule has 0 unspecified atom stereocenters. The van der Waals surface area contributed by atoms with Gasteiger partial charge < -0.3 is 20.5 Å². The van der Waals surface area contributed by atoms with Crippen LogP contribution in [0, 0.1) is 0 Å². The number of nitrogens with two attached hydrogens (primary N) is 1. The number of methoxy groups -OCH3 is 2. The van der Waals surface area contributed by atoms with E-state index < -0.39 is 0 Å². The van der Waals surface area contributed by atoms with Crippen LogP contribution in [0.5, 0.6) is 11.5 Å². The number of aliphatic imine (C=N–C) groups is 1. The Labute approximate surface area is 128 Å². The summed E-state index contributed by atoms with van der Waals surface area (Å²) < 4.78 is 10.5. The van der Waals surface area contributed by atoms with Crippen LogP contribution in [0.4, 0.5) is 0 Å². The topological polar surface area (TPSA) is 68.9 Å². The van der Waals surface area contributed by atoms with Crippen molar-refractivity contribution in [2.45, 2.75) is 13.1 Å². The zero-order valence-corrected chi connectivity index (χ0v) is 12.9. The Morgan fingerprint density at radius 1 is 1.24 bits per heavy atom. The lowest BCUT2D eigenvalue weighted by Gasteiger charge is -2.09. The number of nitrogens with one attached hydrogen (secondary N) is 1. The van der Waals surface area contributed by atoms with Gasteiger partial charge in [0.05, 0.1) is 27.3 Å². The highest BCUT2D eigenvalue weighted by molar-refractivity contribution is 7.09. The third kappa shape index (κ3) is 4.39. The van der Waals surface area contributed by atoms with E-state index in [1.165, 1.54) is 4.88 Å². The van der Waals surface area contributed by atoms with Crippen LogP contribution in [0.15, 0.2) is 40.7 Å². The average molecular weight is 305 g/mol. The number of guanidine groups is 1. The van der Waals surface area contributed by atoms with Gasteiger partial charge in [0.15, 0.2) is 17.5 Å². The van der Waals surface area contributed by atoms with Gasteiger partial charge >= 0.3 is 0 Å². The summed E-state index contributed by atoms with van der Waals surface area (Å²) in [6.07, 6.45) is 0. The molecule has 6 heteroatoms. The zero-order chi connectivity index (χ0) is 15.1. The van der Waals surface area contributed by atoms with Gasteiger partial charge in [0, 0.05) is 4.88 Å². The summed E-state index contributed by atoms with van der Waals surface area (Å²) in [6, 6.07) is 9.77. The normalized spacial score (nSPS) is 11.2. The van der Waals surface area contributed by atoms with Gasteiger partial charge in [0.2, 0.25) is 0 Å². The minimum absolute atomic E-state index is 0.429.